The Labute approximate surface area is 239 Å². The Hall–Kier alpha value is -3.73. The van der Waals surface area contributed by atoms with Crippen molar-refractivity contribution in [3.05, 3.63) is 143 Å². The van der Waals surface area contributed by atoms with Crippen molar-refractivity contribution < 1.29 is 4.79 Å². The molecule has 4 heteroatoms. The van der Waals surface area contributed by atoms with Gasteiger partial charge in [-0.2, -0.15) is 0 Å². The van der Waals surface area contributed by atoms with Crippen molar-refractivity contribution in [3.63, 3.8) is 0 Å². The van der Waals surface area contributed by atoms with E-state index in [1.165, 1.54) is 16.7 Å². The highest BCUT2D eigenvalue weighted by Gasteiger charge is 2.49. The lowest BCUT2D eigenvalue weighted by Crippen LogP contribution is -2.49. The lowest BCUT2D eigenvalue weighted by atomic mass is 9.64. The minimum atomic E-state index is -0.827. The number of carbonyl (C=O) groups is 1. The molecule has 0 saturated carbocycles. The number of carbonyl (C=O) groups excluding carboxylic acids is 1. The van der Waals surface area contributed by atoms with Gasteiger partial charge in [0.25, 0.3) is 0 Å². The fourth-order valence-corrected chi connectivity index (χ4v) is 6.37. The van der Waals surface area contributed by atoms with E-state index in [9.17, 15) is 4.79 Å². The summed E-state index contributed by atoms with van der Waals surface area (Å²) in [6.45, 7) is 4.83. The average molecular weight is 532 g/mol. The molecule has 4 nitrogen and oxygen atoms in total. The van der Waals surface area contributed by atoms with Crippen LogP contribution in [0.15, 0.2) is 115 Å². The Bertz CT molecular complexity index is 1300. The lowest BCUT2D eigenvalue weighted by Gasteiger charge is -2.37. The molecule has 5 rings (SSSR count). The molecule has 1 amide bonds. The van der Waals surface area contributed by atoms with E-state index in [1.54, 1.807) is 0 Å². The SMILES string of the molecule is CN(CCc1ccc(CCN2CC[C@@H](C(C(N)=O)(c3ccccc3)c3ccccc3)C2)cc1)Cc1ccccc1. The molecule has 0 aromatic heterocycles. The molecule has 1 fully saturated rings. The number of rotatable bonds is 12. The van der Waals surface area contributed by atoms with E-state index in [-0.39, 0.29) is 11.8 Å². The summed E-state index contributed by atoms with van der Waals surface area (Å²) in [5.74, 6) is -0.133. The topological polar surface area (TPSA) is 49.6 Å². The van der Waals surface area contributed by atoms with Gasteiger partial charge in [0.2, 0.25) is 5.91 Å². The largest absolute Gasteiger partial charge is 0.369 e. The summed E-state index contributed by atoms with van der Waals surface area (Å²) >= 11 is 0. The fourth-order valence-electron chi connectivity index (χ4n) is 6.37. The van der Waals surface area contributed by atoms with Gasteiger partial charge in [0.05, 0.1) is 0 Å². The second-order valence-corrected chi connectivity index (χ2v) is 11.2. The number of primary amides is 1. The lowest BCUT2D eigenvalue weighted by molar-refractivity contribution is -0.123. The second kappa shape index (κ2) is 13.1. The third-order valence-corrected chi connectivity index (χ3v) is 8.55. The first-order valence-electron chi connectivity index (χ1n) is 14.5. The minimum absolute atomic E-state index is 0.130. The van der Waals surface area contributed by atoms with Crippen LogP contribution in [-0.2, 0) is 29.6 Å². The zero-order valence-corrected chi connectivity index (χ0v) is 23.6. The summed E-state index contributed by atoms with van der Waals surface area (Å²) in [6.07, 6.45) is 2.99. The van der Waals surface area contributed by atoms with Gasteiger partial charge in [-0.05, 0) is 66.6 Å². The van der Waals surface area contributed by atoms with E-state index in [1.807, 2.05) is 36.4 Å². The van der Waals surface area contributed by atoms with Crippen molar-refractivity contribution in [1.82, 2.24) is 9.80 Å². The number of likely N-dealkylation sites (N-methyl/N-ethyl adjacent to an activating group) is 1. The molecule has 4 aromatic rings. The molecule has 2 N–H and O–H groups in total. The number of hydrogen-bond acceptors (Lipinski definition) is 3. The Morgan fingerprint density at radius 1 is 0.775 bits per heavy atom. The van der Waals surface area contributed by atoms with Gasteiger partial charge in [-0.15, -0.1) is 0 Å². The molecule has 0 radical (unpaired) electrons. The van der Waals surface area contributed by atoms with E-state index in [0.29, 0.717) is 0 Å². The Kier molecular flexibility index (Phi) is 9.10. The highest BCUT2D eigenvalue weighted by molar-refractivity contribution is 5.91. The maximum absolute atomic E-state index is 13.3. The molecule has 1 aliphatic heterocycles. The van der Waals surface area contributed by atoms with E-state index < -0.39 is 5.41 Å². The highest BCUT2D eigenvalue weighted by atomic mass is 16.1. The van der Waals surface area contributed by atoms with E-state index in [4.69, 9.17) is 5.73 Å². The molecular weight excluding hydrogens is 490 g/mol. The standard InChI is InChI=1S/C36H41N3O/c1-38(27-31-11-5-2-6-12-31)24-21-29-17-19-30(20-18-29)22-25-39-26-23-34(28-39)36(35(37)40,32-13-7-3-8-14-32)33-15-9-4-10-16-33/h2-20,34H,21-28H2,1H3,(H2,37,40)/t34-/m1/s1. The molecule has 1 heterocycles. The number of nitrogens with zero attached hydrogens (tertiary/aromatic N) is 2. The number of benzene rings is 4. The molecule has 0 spiro atoms. The van der Waals surface area contributed by atoms with Crippen LogP contribution in [0.2, 0.25) is 0 Å². The number of nitrogens with two attached hydrogens (primary N) is 1. The van der Waals surface area contributed by atoms with Crippen LogP contribution >= 0.6 is 0 Å². The zero-order chi connectivity index (χ0) is 27.8. The summed E-state index contributed by atoms with van der Waals surface area (Å²) in [4.78, 5) is 18.2. The van der Waals surface area contributed by atoms with E-state index >= 15 is 0 Å². The van der Waals surface area contributed by atoms with E-state index in [2.05, 4.69) is 95.7 Å². The summed E-state index contributed by atoms with van der Waals surface area (Å²) in [7, 11) is 2.19. The molecule has 206 valence electrons. The molecule has 1 aliphatic rings. The summed E-state index contributed by atoms with van der Waals surface area (Å²) < 4.78 is 0. The molecule has 1 saturated heterocycles. The second-order valence-electron chi connectivity index (χ2n) is 11.2. The van der Waals surface area contributed by atoms with Crippen LogP contribution in [0.3, 0.4) is 0 Å². The Morgan fingerprint density at radius 2 is 1.30 bits per heavy atom. The van der Waals surface area contributed by atoms with Crippen LogP contribution in [0.4, 0.5) is 0 Å². The predicted molar refractivity (Wildman–Crippen MR) is 164 cm³/mol. The van der Waals surface area contributed by atoms with Crippen LogP contribution in [0.25, 0.3) is 0 Å². The smallest absolute Gasteiger partial charge is 0.232 e. The van der Waals surface area contributed by atoms with Crippen LogP contribution in [0.1, 0.15) is 34.2 Å². The van der Waals surface area contributed by atoms with Crippen LogP contribution in [0, 0.1) is 5.92 Å². The predicted octanol–water partition coefficient (Wildman–Crippen LogP) is 5.70. The molecule has 40 heavy (non-hydrogen) atoms. The van der Waals surface area contributed by atoms with Crippen molar-refractivity contribution in [2.45, 2.75) is 31.2 Å². The van der Waals surface area contributed by atoms with Gasteiger partial charge in [-0.3, -0.25) is 4.79 Å². The number of amides is 1. The first-order valence-corrected chi connectivity index (χ1v) is 14.5. The van der Waals surface area contributed by atoms with Crippen molar-refractivity contribution in [1.29, 1.82) is 0 Å². The zero-order valence-electron chi connectivity index (χ0n) is 23.6. The molecule has 1 atom stereocenters. The summed E-state index contributed by atoms with van der Waals surface area (Å²) in [5.41, 5.74) is 11.5. The van der Waals surface area contributed by atoms with E-state index in [0.717, 1.165) is 63.1 Å². The maximum Gasteiger partial charge on any atom is 0.232 e. The fraction of sp³-hybridized carbons (Fsp3) is 0.306. The van der Waals surface area contributed by atoms with Crippen molar-refractivity contribution in [2.24, 2.45) is 11.7 Å². The third kappa shape index (κ3) is 6.35. The molecule has 0 aliphatic carbocycles. The van der Waals surface area contributed by atoms with Gasteiger partial charge < -0.3 is 15.5 Å². The molecule has 4 aromatic carbocycles. The van der Waals surface area contributed by atoms with Gasteiger partial charge in [-0.1, -0.05) is 115 Å². The van der Waals surface area contributed by atoms with Gasteiger partial charge >= 0.3 is 0 Å². The highest BCUT2D eigenvalue weighted by Crippen LogP contribution is 2.43. The van der Waals surface area contributed by atoms with Crippen LogP contribution in [0.5, 0.6) is 0 Å². The quantitative estimate of drug-likeness (QED) is 0.255. The average Bonchev–Trinajstić information content (AvgIpc) is 3.46. The summed E-state index contributed by atoms with van der Waals surface area (Å²) in [5, 5.41) is 0. The van der Waals surface area contributed by atoms with Crippen molar-refractivity contribution >= 4 is 5.91 Å². The summed E-state index contributed by atoms with van der Waals surface area (Å²) in [6, 6.07) is 40.0. The minimum Gasteiger partial charge on any atom is -0.369 e. The Balaban J connectivity index is 1.19. The van der Waals surface area contributed by atoms with Crippen LogP contribution in [-0.4, -0.2) is 48.9 Å². The first kappa shape index (κ1) is 27.8. The Morgan fingerprint density at radius 3 is 1.85 bits per heavy atom. The van der Waals surface area contributed by atoms with Gasteiger partial charge in [-0.25, -0.2) is 0 Å². The maximum atomic E-state index is 13.3. The van der Waals surface area contributed by atoms with Crippen molar-refractivity contribution in [2.75, 3.05) is 33.2 Å². The van der Waals surface area contributed by atoms with Crippen molar-refractivity contribution in [3.8, 4) is 0 Å². The molecule has 0 bridgehead atoms. The van der Waals surface area contributed by atoms with Crippen LogP contribution < -0.4 is 5.73 Å². The first-order chi connectivity index (χ1) is 19.6. The number of hydrogen-bond donors (Lipinski definition) is 1. The number of likely N-dealkylation sites (tertiary alicyclic amines) is 1. The molecule has 0 unspecified atom stereocenters. The monoisotopic (exact) mass is 531 g/mol. The van der Waals surface area contributed by atoms with Gasteiger partial charge in [0, 0.05) is 26.2 Å². The van der Waals surface area contributed by atoms with Gasteiger partial charge in [0.1, 0.15) is 5.41 Å². The third-order valence-electron chi connectivity index (χ3n) is 8.55. The molecular formula is C36H41N3O. The van der Waals surface area contributed by atoms with Gasteiger partial charge in [0.15, 0.2) is 0 Å². The normalized spacial score (nSPS) is 15.9.